The molecule has 0 heterocycles. The van der Waals surface area contributed by atoms with Gasteiger partial charge in [0.2, 0.25) is 0 Å². The number of hydrazine groups is 1. The van der Waals surface area contributed by atoms with Gasteiger partial charge in [0.25, 0.3) is 0 Å². The Kier molecular flexibility index (Phi) is 5.16. The molecule has 5 heteroatoms. The van der Waals surface area contributed by atoms with E-state index in [4.69, 9.17) is 17.4 Å². The van der Waals surface area contributed by atoms with Crippen molar-refractivity contribution in [3.8, 4) is 0 Å². The van der Waals surface area contributed by atoms with Gasteiger partial charge < -0.3 is 0 Å². The highest BCUT2D eigenvalue weighted by atomic mass is 79.9. The molecule has 20 heavy (non-hydrogen) atoms. The van der Waals surface area contributed by atoms with Gasteiger partial charge in [-0.15, -0.1) is 0 Å². The molecule has 0 aliphatic carbocycles. The van der Waals surface area contributed by atoms with Gasteiger partial charge in [0.05, 0.1) is 10.5 Å². The van der Waals surface area contributed by atoms with Gasteiger partial charge >= 0.3 is 0 Å². The lowest BCUT2D eigenvalue weighted by Crippen LogP contribution is -2.30. The van der Waals surface area contributed by atoms with E-state index in [1.54, 1.807) is 6.07 Å². The number of hydrogen-bond donors (Lipinski definition) is 2. The zero-order valence-electron chi connectivity index (χ0n) is 11.0. The fourth-order valence-corrected chi connectivity index (χ4v) is 2.87. The van der Waals surface area contributed by atoms with Crippen LogP contribution in [-0.4, -0.2) is 0 Å². The van der Waals surface area contributed by atoms with Gasteiger partial charge in [-0.25, -0.2) is 4.39 Å². The van der Waals surface area contributed by atoms with Crippen LogP contribution in [0, 0.1) is 12.7 Å². The number of hydrogen-bond acceptors (Lipinski definition) is 2. The van der Waals surface area contributed by atoms with Crippen molar-refractivity contribution in [2.24, 2.45) is 5.84 Å². The molecule has 0 bridgehead atoms. The van der Waals surface area contributed by atoms with E-state index >= 15 is 0 Å². The van der Waals surface area contributed by atoms with Crippen molar-refractivity contribution in [3.05, 3.63) is 68.4 Å². The predicted octanol–water partition coefficient (Wildman–Crippen LogP) is 4.30. The molecule has 0 saturated heterocycles. The summed E-state index contributed by atoms with van der Waals surface area (Å²) in [6.45, 7) is 1.98. The second-order valence-corrected chi connectivity index (χ2v) is 5.87. The summed E-state index contributed by atoms with van der Waals surface area (Å²) in [6.07, 6.45) is 0.581. The van der Waals surface area contributed by atoms with E-state index in [1.165, 1.54) is 6.07 Å². The van der Waals surface area contributed by atoms with Crippen molar-refractivity contribution in [3.63, 3.8) is 0 Å². The number of rotatable bonds is 4. The van der Waals surface area contributed by atoms with E-state index in [2.05, 4.69) is 21.4 Å². The lowest BCUT2D eigenvalue weighted by Gasteiger charge is -2.19. The highest BCUT2D eigenvalue weighted by Gasteiger charge is 2.16. The molecule has 0 saturated carbocycles. The highest BCUT2D eigenvalue weighted by molar-refractivity contribution is 9.10. The maximum Gasteiger partial charge on any atom is 0.137 e. The summed E-state index contributed by atoms with van der Waals surface area (Å²) < 4.78 is 14.0. The molecule has 1 unspecified atom stereocenters. The van der Waals surface area contributed by atoms with Crippen molar-refractivity contribution in [2.45, 2.75) is 19.4 Å². The SMILES string of the molecule is Cc1cc(Cl)ccc1C(Cc1cccc(F)c1Br)NN. The molecule has 0 radical (unpaired) electrons. The molecule has 0 fully saturated rings. The molecule has 3 N–H and O–H groups in total. The number of nitrogens with one attached hydrogen (secondary N) is 1. The average Bonchev–Trinajstić information content (AvgIpc) is 2.41. The summed E-state index contributed by atoms with van der Waals surface area (Å²) in [5.41, 5.74) is 5.75. The van der Waals surface area contributed by atoms with Gasteiger partial charge in [-0.05, 0) is 64.2 Å². The van der Waals surface area contributed by atoms with Crippen molar-refractivity contribution >= 4 is 27.5 Å². The van der Waals surface area contributed by atoms with E-state index in [1.807, 2.05) is 31.2 Å². The predicted molar refractivity (Wildman–Crippen MR) is 84.1 cm³/mol. The van der Waals surface area contributed by atoms with Crippen molar-refractivity contribution in [1.29, 1.82) is 0 Å². The minimum absolute atomic E-state index is 0.106. The average molecular weight is 358 g/mol. The molecular weight excluding hydrogens is 343 g/mol. The second kappa shape index (κ2) is 6.68. The van der Waals surface area contributed by atoms with Gasteiger partial charge in [-0.2, -0.15) is 0 Å². The summed E-state index contributed by atoms with van der Waals surface area (Å²) >= 11 is 9.24. The van der Waals surface area contributed by atoms with E-state index in [9.17, 15) is 4.39 Å². The number of benzene rings is 2. The van der Waals surface area contributed by atoms with E-state index in [-0.39, 0.29) is 11.9 Å². The summed E-state index contributed by atoms with van der Waals surface area (Å²) in [6, 6.07) is 10.5. The van der Waals surface area contributed by atoms with Crippen LogP contribution in [0.4, 0.5) is 4.39 Å². The van der Waals surface area contributed by atoms with E-state index in [0.717, 1.165) is 16.7 Å². The Labute approximate surface area is 131 Å². The summed E-state index contributed by atoms with van der Waals surface area (Å²) in [5, 5.41) is 0.689. The minimum atomic E-state index is -0.272. The first-order chi connectivity index (χ1) is 9.52. The number of nitrogens with two attached hydrogens (primary N) is 1. The van der Waals surface area contributed by atoms with Gasteiger partial charge in [0.15, 0.2) is 0 Å². The van der Waals surface area contributed by atoms with Gasteiger partial charge in [0.1, 0.15) is 5.82 Å². The first-order valence-corrected chi connectivity index (χ1v) is 7.35. The lowest BCUT2D eigenvalue weighted by molar-refractivity contribution is 0.544. The van der Waals surface area contributed by atoms with Gasteiger partial charge in [-0.3, -0.25) is 11.3 Å². The van der Waals surface area contributed by atoms with Crippen LogP contribution in [0.2, 0.25) is 5.02 Å². The molecule has 0 aliphatic heterocycles. The third kappa shape index (κ3) is 3.38. The number of halogens is 3. The fourth-order valence-electron chi connectivity index (χ4n) is 2.21. The lowest BCUT2D eigenvalue weighted by atomic mass is 9.96. The van der Waals surface area contributed by atoms with Crippen molar-refractivity contribution < 1.29 is 4.39 Å². The highest BCUT2D eigenvalue weighted by Crippen LogP contribution is 2.28. The van der Waals surface area contributed by atoms with Crippen molar-refractivity contribution in [1.82, 2.24) is 5.43 Å². The molecule has 2 nitrogen and oxygen atoms in total. The Morgan fingerprint density at radius 1 is 1.35 bits per heavy atom. The second-order valence-electron chi connectivity index (χ2n) is 4.64. The first kappa shape index (κ1) is 15.4. The quantitative estimate of drug-likeness (QED) is 0.632. The maximum atomic E-state index is 13.6. The van der Waals surface area contributed by atoms with Crippen LogP contribution in [0.1, 0.15) is 22.7 Å². The summed E-state index contributed by atoms with van der Waals surface area (Å²) in [4.78, 5) is 0. The molecule has 2 rings (SSSR count). The fraction of sp³-hybridized carbons (Fsp3) is 0.200. The minimum Gasteiger partial charge on any atom is -0.271 e. The third-order valence-corrected chi connectivity index (χ3v) is 4.39. The third-order valence-electron chi connectivity index (χ3n) is 3.26. The molecule has 0 spiro atoms. The topological polar surface area (TPSA) is 38.0 Å². The zero-order valence-corrected chi connectivity index (χ0v) is 13.3. The Morgan fingerprint density at radius 3 is 2.75 bits per heavy atom. The summed E-state index contributed by atoms with van der Waals surface area (Å²) in [7, 11) is 0. The monoisotopic (exact) mass is 356 g/mol. The molecule has 0 aromatic heterocycles. The largest absolute Gasteiger partial charge is 0.271 e. The smallest absolute Gasteiger partial charge is 0.137 e. The van der Waals surface area contributed by atoms with Crippen LogP contribution in [0.25, 0.3) is 0 Å². The van der Waals surface area contributed by atoms with Crippen LogP contribution in [0.5, 0.6) is 0 Å². The van der Waals surface area contributed by atoms with Gasteiger partial charge in [-0.1, -0.05) is 29.8 Å². The van der Waals surface area contributed by atoms with Crippen LogP contribution >= 0.6 is 27.5 Å². The molecule has 0 aliphatic rings. The molecule has 2 aromatic rings. The van der Waals surface area contributed by atoms with Crippen LogP contribution in [0.3, 0.4) is 0 Å². The zero-order chi connectivity index (χ0) is 14.7. The summed E-state index contributed by atoms with van der Waals surface area (Å²) in [5.74, 6) is 5.38. The van der Waals surface area contributed by atoms with Gasteiger partial charge in [0, 0.05) is 5.02 Å². The molecule has 0 amide bonds. The molecule has 106 valence electrons. The number of aryl methyl sites for hydroxylation is 1. The van der Waals surface area contributed by atoms with Crippen LogP contribution < -0.4 is 11.3 Å². The Morgan fingerprint density at radius 2 is 2.10 bits per heavy atom. The Bertz CT molecular complexity index is 619. The Balaban J connectivity index is 2.31. The van der Waals surface area contributed by atoms with E-state index in [0.29, 0.717) is 15.9 Å². The normalized spacial score (nSPS) is 12.4. The Hall–Kier alpha value is -0.940. The maximum absolute atomic E-state index is 13.6. The first-order valence-electron chi connectivity index (χ1n) is 6.18. The van der Waals surface area contributed by atoms with E-state index < -0.39 is 0 Å². The standard InChI is InChI=1S/C15H15BrClFN2/c1-9-7-11(17)5-6-12(9)14(20-19)8-10-3-2-4-13(18)15(10)16/h2-7,14,20H,8,19H2,1H3. The molecular formula is C15H15BrClFN2. The van der Waals surface area contributed by atoms with Crippen molar-refractivity contribution in [2.75, 3.05) is 0 Å². The molecule has 2 aromatic carbocycles. The van der Waals surface area contributed by atoms with Crippen LogP contribution in [0.15, 0.2) is 40.9 Å². The van der Waals surface area contributed by atoms with Crippen LogP contribution in [-0.2, 0) is 6.42 Å². The molecule has 1 atom stereocenters.